The van der Waals surface area contributed by atoms with Gasteiger partial charge in [-0.3, -0.25) is 0 Å². The van der Waals surface area contributed by atoms with Crippen LogP contribution in [0.5, 0.6) is 0 Å². The van der Waals surface area contributed by atoms with Crippen molar-refractivity contribution in [2.45, 2.75) is 30.2 Å². The first kappa shape index (κ1) is 12.0. The Hall–Kier alpha value is -0.0800. The number of anilines is 1. The Morgan fingerprint density at radius 2 is 2.12 bits per heavy atom. The van der Waals surface area contributed by atoms with E-state index in [0.717, 1.165) is 23.4 Å². The van der Waals surface area contributed by atoms with Gasteiger partial charge in [0.05, 0.1) is 11.8 Å². The molecule has 1 atom stereocenters. The van der Waals surface area contributed by atoms with Crippen LogP contribution in [0.2, 0.25) is 0 Å². The molecule has 1 aromatic rings. The van der Waals surface area contributed by atoms with Gasteiger partial charge in [0.25, 0.3) is 0 Å². The van der Waals surface area contributed by atoms with Gasteiger partial charge in [0, 0.05) is 4.90 Å². The monoisotopic (exact) mass is 292 g/mol. The van der Waals surface area contributed by atoms with E-state index in [2.05, 4.69) is 33.4 Å². The van der Waals surface area contributed by atoms with Crippen LogP contribution in [0.3, 0.4) is 0 Å². The van der Waals surface area contributed by atoms with Crippen LogP contribution >= 0.6 is 31.6 Å². The summed E-state index contributed by atoms with van der Waals surface area (Å²) in [7, 11) is -1.82. The average Bonchev–Trinajstić information content (AvgIpc) is 3.02. The summed E-state index contributed by atoms with van der Waals surface area (Å²) in [5.74, 6) is -0.283. The highest BCUT2D eigenvalue weighted by molar-refractivity contribution is 9.17. The predicted octanol–water partition coefficient (Wildman–Crippen LogP) is 3.07. The van der Waals surface area contributed by atoms with Crippen LogP contribution in [0.25, 0.3) is 0 Å². The first-order valence-corrected chi connectivity index (χ1v) is 9.05. The molecular weight excluding hydrogens is 279 g/mol. The van der Waals surface area contributed by atoms with Crippen molar-refractivity contribution in [3.8, 4) is 0 Å². The normalized spacial score (nSPS) is 28.1. The van der Waals surface area contributed by atoms with Gasteiger partial charge in [0.15, 0.2) is 6.35 Å². The van der Waals surface area contributed by atoms with Crippen molar-refractivity contribution in [1.29, 1.82) is 0 Å². The highest BCUT2D eigenvalue weighted by Crippen LogP contribution is 2.65. The largest absolute Gasteiger partial charge is 0.346 e. The van der Waals surface area contributed by atoms with Gasteiger partial charge in [-0.1, -0.05) is 8.28 Å². The molecule has 1 saturated carbocycles. The number of ether oxygens (including phenoxy) is 1. The Morgan fingerprint density at radius 1 is 1.35 bits per heavy atom. The fourth-order valence-corrected chi connectivity index (χ4v) is 4.42. The molecule has 3 nitrogen and oxygen atoms in total. The van der Waals surface area contributed by atoms with Crippen LogP contribution in [-0.2, 0) is 4.74 Å². The molecule has 0 amide bonds. The van der Waals surface area contributed by atoms with E-state index >= 15 is 0 Å². The number of halogens is 1. The maximum Gasteiger partial charge on any atom is 0.193 e. The van der Waals surface area contributed by atoms with Crippen molar-refractivity contribution in [2.24, 2.45) is 0 Å². The van der Waals surface area contributed by atoms with Crippen molar-refractivity contribution in [1.82, 2.24) is 4.72 Å². The fraction of sp³-hybridized carbons (Fsp3) is 0.400. The molecule has 2 N–H and O–H groups in total. The molecule has 7 heteroatoms. The Bertz CT molecular complexity index is 453. The summed E-state index contributed by atoms with van der Waals surface area (Å²) in [5, 5.41) is 3.17. The maximum atomic E-state index is 13.2. The lowest BCUT2D eigenvalue weighted by molar-refractivity contribution is 0.0521. The molecule has 94 valence electrons. The SMILES string of the molecule is Fc1ccc2c(c1)S(S)(S)NC(OC1CC1)N2. The van der Waals surface area contributed by atoms with Gasteiger partial charge < -0.3 is 10.1 Å². The highest BCUT2D eigenvalue weighted by Gasteiger charge is 2.34. The van der Waals surface area contributed by atoms with Crippen LogP contribution in [0.1, 0.15) is 12.8 Å². The first-order chi connectivity index (χ1) is 8.04. The molecule has 1 fully saturated rings. The van der Waals surface area contributed by atoms with Crippen LogP contribution in [0.15, 0.2) is 23.1 Å². The number of thiol groups is 2. The molecule has 2 aliphatic rings. The molecule has 1 heterocycles. The van der Waals surface area contributed by atoms with Crippen molar-refractivity contribution < 1.29 is 9.13 Å². The van der Waals surface area contributed by atoms with E-state index < -0.39 is 8.28 Å². The standard InChI is InChI=1S/C10H13FN2OS3/c11-6-1-4-8-9(5-6)17(15,16)13-10(12-8)14-7-2-3-7/h1,4-5,7,10,12-13,15-16H,2-3H2. The minimum Gasteiger partial charge on any atom is -0.346 e. The van der Waals surface area contributed by atoms with E-state index in [1.54, 1.807) is 6.07 Å². The third-order valence-electron chi connectivity index (χ3n) is 2.66. The van der Waals surface area contributed by atoms with Crippen molar-refractivity contribution >= 4 is 37.3 Å². The van der Waals surface area contributed by atoms with Crippen LogP contribution in [0, 0.1) is 5.82 Å². The second-order valence-electron chi connectivity index (χ2n) is 4.17. The van der Waals surface area contributed by atoms with E-state index in [4.69, 9.17) is 4.74 Å². The lowest BCUT2D eigenvalue weighted by Gasteiger charge is -2.41. The second kappa shape index (κ2) is 4.24. The van der Waals surface area contributed by atoms with Gasteiger partial charge in [-0.05, 0) is 31.0 Å². The molecule has 1 aromatic carbocycles. The Balaban J connectivity index is 1.89. The summed E-state index contributed by atoms with van der Waals surface area (Å²) >= 11 is 8.99. The molecular formula is C10H13FN2OS3. The van der Waals surface area contributed by atoms with E-state index in [-0.39, 0.29) is 12.2 Å². The quantitative estimate of drug-likeness (QED) is 0.499. The number of hydrogen-bond donors (Lipinski definition) is 4. The van der Waals surface area contributed by atoms with Gasteiger partial charge in [-0.15, -0.1) is 23.3 Å². The Morgan fingerprint density at radius 3 is 2.82 bits per heavy atom. The third-order valence-corrected chi connectivity index (χ3v) is 5.97. The summed E-state index contributed by atoms with van der Waals surface area (Å²) in [6, 6.07) is 4.57. The van der Waals surface area contributed by atoms with E-state index in [0.29, 0.717) is 6.10 Å². The third kappa shape index (κ3) is 2.53. The lowest BCUT2D eigenvalue weighted by atomic mass is 10.3. The Kier molecular flexibility index (Phi) is 2.99. The van der Waals surface area contributed by atoms with Gasteiger partial charge in [-0.25, -0.2) is 9.11 Å². The molecule has 0 saturated heterocycles. The van der Waals surface area contributed by atoms with Gasteiger partial charge in [0.2, 0.25) is 0 Å². The number of fused-ring (bicyclic) bond motifs is 1. The molecule has 3 rings (SSSR count). The molecule has 0 spiro atoms. The minimum absolute atomic E-state index is 0.283. The van der Waals surface area contributed by atoms with E-state index in [9.17, 15) is 4.39 Å². The molecule has 1 unspecified atom stereocenters. The maximum absolute atomic E-state index is 13.2. The smallest absolute Gasteiger partial charge is 0.193 e. The average molecular weight is 292 g/mol. The number of nitrogens with one attached hydrogen (secondary N) is 2. The summed E-state index contributed by atoms with van der Waals surface area (Å²) < 4.78 is 22.1. The van der Waals surface area contributed by atoms with Gasteiger partial charge in [0.1, 0.15) is 5.82 Å². The van der Waals surface area contributed by atoms with Crippen LogP contribution in [0.4, 0.5) is 10.1 Å². The molecule has 0 radical (unpaired) electrons. The zero-order valence-electron chi connectivity index (χ0n) is 8.89. The van der Waals surface area contributed by atoms with Crippen molar-refractivity contribution in [3.63, 3.8) is 0 Å². The lowest BCUT2D eigenvalue weighted by Crippen LogP contribution is -2.41. The molecule has 1 aliphatic heterocycles. The number of benzene rings is 1. The summed E-state index contributed by atoms with van der Waals surface area (Å²) in [6.07, 6.45) is 2.21. The topological polar surface area (TPSA) is 33.3 Å². The summed E-state index contributed by atoms with van der Waals surface area (Å²) in [4.78, 5) is 0.750. The molecule has 0 aromatic heterocycles. The predicted molar refractivity (Wildman–Crippen MR) is 74.9 cm³/mol. The highest BCUT2D eigenvalue weighted by atomic mass is 33.5. The fourth-order valence-electron chi connectivity index (χ4n) is 1.69. The van der Waals surface area contributed by atoms with Gasteiger partial charge in [-0.2, -0.15) is 0 Å². The summed E-state index contributed by atoms with van der Waals surface area (Å²) in [5.41, 5.74) is 0.829. The summed E-state index contributed by atoms with van der Waals surface area (Å²) in [6.45, 7) is 0. The number of rotatable bonds is 2. The first-order valence-electron chi connectivity index (χ1n) is 5.32. The Labute approximate surface area is 111 Å². The van der Waals surface area contributed by atoms with E-state index in [1.807, 2.05) is 0 Å². The zero-order valence-corrected chi connectivity index (χ0v) is 11.5. The number of hydrogen-bond acceptors (Lipinski definition) is 5. The van der Waals surface area contributed by atoms with Crippen LogP contribution in [-0.4, -0.2) is 12.5 Å². The molecule has 17 heavy (non-hydrogen) atoms. The molecule has 1 aliphatic carbocycles. The molecule has 0 bridgehead atoms. The van der Waals surface area contributed by atoms with E-state index in [1.165, 1.54) is 12.1 Å². The van der Waals surface area contributed by atoms with Crippen LogP contribution < -0.4 is 10.0 Å². The zero-order chi connectivity index (χ0) is 12.0. The minimum atomic E-state index is -1.82. The second-order valence-corrected chi connectivity index (χ2v) is 10.1. The van der Waals surface area contributed by atoms with Crippen molar-refractivity contribution in [2.75, 3.05) is 5.32 Å². The van der Waals surface area contributed by atoms with Gasteiger partial charge >= 0.3 is 0 Å². The van der Waals surface area contributed by atoms with Crippen molar-refractivity contribution in [3.05, 3.63) is 24.0 Å².